The van der Waals surface area contributed by atoms with Crippen LogP contribution in [0.1, 0.15) is 16.7 Å². The second-order valence-electron chi connectivity index (χ2n) is 4.80. The van der Waals surface area contributed by atoms with Gasteiger partial charge < -0.3 is 5.32 Å². The van der Waals surface area contributed by atoms with Crippen molar-refractivity contribution in [2.24, 2.45) is 0 Å². The summed E-state index contributed by atoms with van der Waals surface area (Å²) in [5, 5.41) is 14.9. The maximum Gasteiger partial charge on any atom is 0.272 e. The molecule has 0 aliphatic carbocycles. The van der Waals surface area contributed by atoms with E-state index in [1.165, 1.54) is 0 Å². The Kier molecular flexibility index (Phi) is 4.85. The highest BCUT2D eigenvalue weighted by Crippen LogP contribution is 2.27. The van der Waals surface area contributed by atoms with Crippen LogP contribution in [0.4, 0.5) is 11.4 Å². The first-order chi connectivity index (χ1) is 9.88. The number of benzene rings is 2. The predicted octanol–water partition coefficient (Wildman–Crippen LogP) is 5.24. The molecule has 0 amide bonds. The summed E-state index contributed by atoms with van der Waals surface area (Å²) in [6, 6.07) is 9.08. The number of nitro groups is 1. The molecule has 0 spiro atoms. The van der Waals surface area contributed by atoms with Crippen molar-refractivity contribution < 1.29 is 4.92 Å². The highest BCUT2D eigenvalue weighted by Gasteiger charge is 2.13. The topological polar surface area (TPSA) is 55.2 Å². The number of aryl methyl sites for hydroxylation is 2. The summed E-state index contributed by atoms with van der Waals surface area (Å²) in [4.78, 5) is 10.5. The van der Waals surface area contributed by atoms with E-state index >= 15 is 0 Å². The Balaban J connectivity index is 2.20. The smallest absolute Gasteiger partial charge is 0.272 e. The van der Waals surface area contributed by atoms with E-state index in [9.17, 15) is 10.1 Å². The molecule has 0 aliphatic rings. The van der Waals surface area contributed by atoms with Crippen molar-refractivity contribution in [2.75, 3.05) is 5.32 Å². The molecule has 21 heavy (non-hydrogen) atoms. The van der Waals surface area contributed by atoms with E-state index < -0.39 is 0 Å². The van der Waals surface area contributed by atoms with Crippen molar-refractivity contribution in [3.05, 3.63) is 66.6 Å². The monoisotopic (exact) mass is 368 g/mol. The Morgan fingerprint density at radius 1 is 1.24 bits per heavy atom. The van der Waals surface area contributed by atoms with Gasteiger partial charge in [-0.15, -0.1) is 0 Å². The normalized spacial score (nSPS) is 10.5. The van der Waals surface area contributed by atoms with E-state index in [2.05, 4.69) is 21.2 Å². The molecule has 0 fully saturated rings. The van der Waals surface area contributed by atoms with Crippen LogP contribution in [0, 0.1) is 24.0 Å². The summed E-state index contributed by atoms with van der Waals surface area (Å²) in [7, 11) is 0. The Labute approximate surface area is 136 Å². The van der Waals surface area contributed by atoms with Crippen LogP contribution >= 0.6 is 27.5 Å². The van der Waals surface area contributed by atoms with Gasteiger partial charge in [-0.2, -0.15) is 0 Å². The summed E-state index contributed by atoms with van der Waals surface area (Å²) in [5.74, 6) is 0. The van der Waals surface area contributed by atoms with E-state index in [-0.39, 0.29) is 10.6 Å². The van der Waals surface area contributed by atoms with Gasteiger partial charge in [0.05, 0.1) is 4.92 Å². The van der Waals surface area contributed by atoms with Crippen molar-refractivity contribution in [2.45, 2.75) is 20.4 Å². The molecule has 0 aromatic heterocycles. The lowest BCUT2D eigenvalue weighted by Gasteiger charge is -2.12. The third-order valence-electron chi connectivity index (χ3n) is 3.22. The zero-order chi connectivity index (χ0) is 15.6. The zero-order valence-electron chi connectivity index (χ0n) is 11.6. The maximum absolute atomic E-state index is 10.9. The first-order valence-electron chi connectivity index (χ1n) is 6.32. The van der Waals surface area contributed by atoms with Gasteiger partial charge in [-0.25, -0.2) is 0 Å². The summed E-state index contributed by atoms with van der Waals surface area (Å²) >= 11 is 9.54. The lowest BCUT2D eigenvalue weighted by atomic mass is 10.1. The second kappa shape index (κ2) is 6.45. The lowest BCUT2D eigenvalue weighted by molar-refractivity contribution is -0.385. The van der Waals surface area contributed by atoms with Gasteiger partial charge >= 0.3 is 0 Å². The Morgan fingerprint density at radius 2 is 1.95 bits per heavy atom. The number of anilines is 1. The molecular weight excluding hydrogens is 356 g/mol. The number of nitrogens with one attached hydrogen (secondary N) is 1. The van der Waals surface area contributed by atoms with Gasteiger partial charge in [0.25, 0.3) is 5.69 Å². The van der Waals surface area contributed by atoms with Crippen LogP contribution in [0.15, 0.2) is 34.8 Å². The molecule has 0 saturated heterocycles. The third kappa shape index (κ3) is 3.74. The minimum atomic E-state index is -0.363. The molecule has 0 heterocycles. The molecule has 2 aromatic carbocycles. The molecule has 0 saturated carbocycles. The molecule has 0 radical (unpaired) electrons. The van der Waals surface area contributed by atoms with Crippen molar-refractivity contribution in [1.82, 2.24) is 0 Å². The first kappa shape index (κ1) is 15.8. The number of hydrogen-bond acceptors (Lipinski definition) is 3. The van der Waals surface area contributed by atoms with E-state index in [1.807, 2.05) is 25.1 Å². The molecule has 2 rings (SSSR count). The number of rotatable bonds is 4. The van der Waals surface area contributed by atoms with E-state index in [1.54, 1.807) is 19.1 Å². The highest BCUT2D eigenvalue weighted by atomic mass is 79.9. The Bertz CT molecular complexity index is 704. The van der Waals surface area contributed by atoms with Crippen LogP contribution in [-0.4, -0.2) is 4.92 Å². The van der Waals surface area contributed by atoms with Crippen LogP contribution in [0.3, 0.4) is 0 Å². The largest absolute Gasteiger partial charge is 0.381 e. The molecule has 1 N–H and O–H groups in total. The Hall–Kier alpha value is -1.59. The zero-order valence-corrected chi connectivity index (χ0v) is 14.0. The van der Waals surface area contributed by atoms with Crippen molar-refractivity contribution in [1.29, 1.82) is 0 Å². The van der Waals surface area contributed by atoms with Crippen LogP contribution < -0.4 is 5.32 Å². The minimum Gasteiger partial charge on any atom is -0.381 e. The lowest BCUT2D eigenvalue weighted by Crippen LogP contribution is -2.03. The second-order valence-corrected chi connectivity index (χ2v) is 6.12. The third-order valence-corrected chi connectivity index (χ3v) is 4.07. The molecular formula is C15H14BrClN2O2. The van der Waals surface area contributed by atoms with Gasteiger partial charge in [0.2, 0.25) is 0 Å². The molecule has 4 nitrogen and oxygen atoms in total. The first-order valence-corrected chi connectivity index (χ1v) is 7.49. The van der Waals surface area contributed by atoms with E-state index in [0.717, 1.165) is 21.3 Å². The van der Waals surface area contributed by atoms with E-state index in [4.69, 9.17) is 11.6 Å². The highest BCUT2D eigenvalue weighted by molar-refractivity contribution is 9.10. The van der Waals surface area contributed by atoms with Crippen LogP contribution in [-0.2, 0) is 6.54 Å². The number of hydrogen-bond donors (Lipinski definition) is 1. The fourth-order valence-corrected chi connectivity index (χ4v) is 2.78. The Morgan fingerprint density at radius 3 is 2.57 bits per heavy atom. The molecule has 0 aliphatic heterocycles. The average Bonchev–Trinajstić information content (AvgIpc) is 2.40. The number of nitrogens with zero attached hydrogens (tertiary/aromatic N) is 1. The van der Waals surface area contributed by atoms with Crippen LogP contribution in [0.5, 0.6) is 0 Å². The molecule has 0 bridgehead atoms. The average molecular weight is 370 g/mol. The fourth-order valence-electron chi connectivity index (χ4n) is 2.04. The minimum absolute atomic E-state index is 0.139. The van der Waals surface area contributed by atoms with Crippen LogP contribution in [0.2, 0.25) is 5.02 Å². The standard InChI is InChI=1S/C15H14BrClN2O2/c1-9-6-15(19(20)21)10(2)5-14(9)18-8-11-3-4-12(16)7-13(11)17/h3-7,18H,8H2,1-2H3. The van der Waals surface area contributed by atoms with Gasteiger partial charge in [-0.3, -0.25) is 10.1 Å². The molecule has 2 aromatic rings. The summed E-state index contributed by atoms with van der Waals surface area (Å²) in [5.41, 5.74) is 3.45. The fraction of sp³-hybridized carbons (Fsp3) is 0.200. The maximum atomic E-state index is 10.9. The van der Waals surface area contributed by atoms with Gasteiger partial charge in [0, 0.05) is 33.4 Å². The molecule has 6 heteroatoms. The van der Waals surface area contributed by atoms with Gasteiger partial charge in [-0.1, -0.05) is 33.6 Å². The van der Waals surface area contributed by atoms with E-state index in [0.29, 0.717) is 17.1 Å². The molecule has 0 unspecified atom stereocenters. The summed E-state index contributed by atoms with van der Waals surface area (Å²) in [6.45, 7) is 4.14. The number of halogens is 2. The van der Waals surface area contributed by atoms with Gasteiger partial charge in [0.1, 0.15) is 0 Å². The van der Waals surface area contributed by atoms with Gasteiger partial charge in [0.15, 0.2) is 0 Å². The summed E-state index contributed by atoms with van der Waals surface area (Å²) < 4.78 is 0.929. The van der Waals surface area contributed by atoms with Crippen molar-refractivity contribution in [3.63, 3.8) is 0 Å². The predicted molar refractivity (Wildman–Crippen MR) is 89.0 cm³/mol. The SMILES string of the molecule is Cc1cc([N+](=O)[O-])c(C)cc1NCc1ccc(Br)cc1Cl. The summed E-state index contributed by atoms with van der Waals surface area (Å²) in [6.07, 6.45) is 0. The van der Waals surface area contributed by atoms with Crippen molar-refractivity contribution >= 4 is 38.9 Å². The quantitative estimate of drug-likeness (QED) is 0.592. The van der Waals surface area contributed by atoms with Crippen LogP contribution in [0.25, 0.3) is 0 Å². The molecule has 0 atom stereocenters. The van der Waals surface area contributed by atoms with Gasteiger partial charge in [-0.05, 0) is 43.2 Å². The van der Waals surface area contributed by atoms with Crippen molar-refractivity contribution in [3.8, 4) is 0 Å². The molecule has 110 valence electrons. The number of nitro benzene ring substituents is 1.